The molecular weight excluding hydrogens is 328 g/mol. The van der Waals surface area contributed by atoms with Crippen molar-refractivity contribution in [3.8, 4) is 17.0 Å². The molecule has 0 unspecified atom stereocenters. The van der Waals surface area contributed by atoms with Crippen LogP contribution in [0.4, 0.5) is 5.69 Å². The van der Waals surface area contributed by atoms with Gasteiger partial charge >= 0.3 is 0 Å². The van der Waals surface area contributed by atoms with Crippen LogP contribution in [0.2, 0.25) is 0 Å². The minimum atomic E-state index is -0.0674. The van der Waals surface area contributed by atoms with Crippen molar-refractivity contribution in [2.24, 2.45) is 10.2 Å². The van der Waals surface area contributed by atoms with E-state index in [1.165, 1.54) is 16.7 Å². The largest absolute Gasteiger partial charge is 0.493 e. The van der Waals surface area contributed by atoms with Crippen molar-refractivity contribution >= 4 is 16.6 Å². The van der Waals surface area contributed by atoms with Gasteiger partial charge in [-0.2, -0.15) is 5.11 Å². The fourth-order valence-corrected chi connectivity index (χ4v) is 3.67. The van der Waals surface area contributed by atoms with Crippen LogP contribution in [0.15, 0.2) is 46.6 Å². The van der Waals surface area contributed by atoms with Gasteiger partial charge in [-0.05, 0) is 41.8 Å². The molecule has 3 aromatic rings. The number of aromatic nitrogens is 1. The molecule has 0 radical (unpaired) electrons. The summed E-state index contributed by atoms with van der Waals surface area (Å²) in [6.45, 7) is 1.97. The van der Waals surface area contributed by atoms with Crippen LogP contribution in [0.5, 0.6) is 5.88 Å². The lowest BCUT2D eigenvalue weighted by Crippen LogP contribution is -2.27. The number of aliphatic hydroxyl groups is 1. The van der Waals surface area contributed by atoms with Gasteiger partial charge in [0.15, 0.2) is 5.69 Å². The zero-order valence-electron chi connectivity index (χ0n) is 14.7. The molecular formula is C20H22N4O2. The topological polar surface area (TPSA) is 84.2 Å². The van der Waals surface area contributed by atoms with Crippen molar-refractivity contribution in [2.75, 3.05) is 26.7 Å². The molecule has 26 heavy (non-hydrogen) atoms. The van der Waals surface area contributed by atoms with E-state index >= 15 is 0 Å². The molecule has 0 bridgehead atoms. The highest BCUT2D eigenvalue weighted by molar-refractivity contribution is 6.00. The fourth-order valence-electron chi connectivity index (χ4n) is 3.67. The second kappa shape index (κ2) is 6.90. The molecule has 0 saturated heterocycles. The molecule has 3 N–H and O–H groups in total. The predicted molar refractivity (Wildman–Crippen MR) is 102 cm³/mol. The lowest BCUT2D eigenvalue weighted by atomic mass is 9.89. The van der Waals surface area contributed by atoms with Gasteiger partial charge < -0.3 is 20.1 Å². The van der Waals surface area contributed by atoms with Crippen LogP contribution in [-0.2, 0) is 13.0 Å². The number of H-pyrrole nitrogens is 1. The summed E-state index contributed by atoms with van der Waals surface area (Å²) in [7, 11) is 2.11. The van der Waals surface area contributed by atoms with Gasteiger partial charge in [0, 0.05) is 18.5 Å². The first-order valence-electron chi connectivity index (χ1n) is 8.80. The van der Waals surface area contributed by atoms with Crippen LogP contribution in [-0.4, -0.2) is 46.8 Å². The summed E-state index contributed by atoms with van der Waals surface area (Å²) < 4.78 is 0. The Hall–Kier alpha value is -2.70. The molecule has 134 valence electrons. The molecule has 2 aromatic carbocycles. The van der Waals surface area contributed by atoms with Crippen molar-refractivity contribution in [2.45, 2.75) is 13.0 Å². The first kappa shape index (κ1) is 16.8. The standard InChI is InChI=1S/C20H22N4O2/c1-24-9-7-14-15(13-5-3-2-4-6-13)11-16-18(17(14)12-24)22-20(26)19(16)23-21-8-10-25/h2-6,11,22,25-26H,7-10,12H2,1H3. The summed E-state index contributed by atoms with van der Waals surface area (Å²) >= 11 is 0. The Kier molecular flexibility index (Phi) is 4.44. The molecule has 0 atom stereocenters. The molecule has 0 spiro atoms. The summed E-state index contributed by atoms with van der Waals surface area (Å²) in [5.74, 6) is 0.0160. The van der Waals surface area contributed by atoms with Crippen LogP contribution in [0.3, 0.4) is 0 Å². The minimum Gasteiger partial charge on any atom is -0.493 e. The Bertz CT molecular complexity index is 963. The maximum Gasteiger partial charge on any atom is 0.218 e. The summed E-state index contributed by atoms with van der Waals surface area (Å²) in [5.41, 5.74) is 6.21. The summed E-state index contributed by atoms with van der Waals surface area (Å²) in [6.07, 6.45) is 0.965. The zero-order chi connectivity index (χ0) is 18.1. The third-order valence-corrected chi connectivity index (χ3v) is 4.90. The molecule has 1 aromatic heterocycles. The predicted octanol–water partition coefficient (Wildman–Crippen LogP) is 3.60. The maximum absolute atomic E-state index is 10.4. The number of azo groups is 1. The summed E-state index contributed by atoms with van der Waals surface area (Å²) in [5, 5.41) is 28.3. The van der Waals surface area contributed by atoms with E-state index in [9.17, 15) is 5.11 Å². The first-order valence-corrected chi connectivity index (χ1v) is 8.80. The number of hydrogen-bond acceptors (Lipinski definition) is 5. The number of nitrogens with zero attached hydrogens (tertiary/aromatic N) is 3. The number of aliphatic hydroxyl groups excluding tert-OH is 1. The molecule has 0 fully saturated rings. The highest BCUT2D eigenvalue weighted by Gasteiger charge is 2.24. The van der Waals surface area contributed by atoms with E-state index in [1.807, 2.05) is 18.2 Å². The lowest BCUT2D eigenvalue weighted by molar-refractivity contribution is 0.304. The molecule has 0 amide bonds. The number of aromatic hydroxyl groups is 1. The normalized spacial score (nSPS) is 15.0. The van der Waals surface area contributed by atoms with Gasteiger partial charge in [-0.3, -0.25) is 0 Å². The highest BCUT2D eigenvalue weighted by Crippen LogP contribution is 2.43. The number of aromatic amines is 1. The number of fused-ring (bicyclic) bond motifs is 3. The Balaban J connectivity index is 1.98. The molecule has 0 saturated carbocycles. The third kappa shape index (κ3) is 2.87. The van der Waals surface area contributed by atoms with Crippen molar-refractivity contribution in [1.29, 1.82) is 0 Å². The minimum absolute atomic E-state index is 0.0160. The average molecular weight is 350 g/mol. The van der Waals surface area contributed by atoms with E-state index in [0.717, 1.165) is 36.0 Å². The van der Waals surface area contributed by atoms with Crippen LogP contribution >= 0.6 is 0 Å². The van der Waals surface area contributed by atoms with E-state index in [1.54, 1.807) is 0 Å². The zero-order valence-corrected chi connectivity index (χ0v) is 14.7. The molecule has 1 aliphatic rings. The van der Waals surface area contributed by atoms with E-state index in [-0.39, 0.29) is 19.0 Å². The van der Waals surface area contributed by atoms with Crippen LogP contribution in [0.1, 0.15) is 11.1 Å². The maximum atomic E-state index is 10.4. The number of rotatable bonds is 4. The van der Waals surface area contributed by atoms with Gasteiger partial charge in [-0.15, -0.1) is 5.11 Å². The smallest absolute Gasteiger partial charge is 0.218 e. The summed E-state index contributed by atoms with van der Waals surface area (Å²) in [4.78, 5) is 5.37. The Morgan fingerprint density at radius 2 is 2.00 bits per heavy atom. The molecule has 4 rings (SSSR count). The van der Waals surface area contributed by atoms with Crippen molar-refractivity contribution in [1.82, 2.24) is 9.88 Å². The van der Waals surface area contributed by atoms with Gasteiger partial charge in [-0.25, -0.2) is 0 Å². The highest BCUT2D eigenvalue weighted by atomic mass is 16.3. The van der Waals surface area contributed by atoms with Gasteiger partial charge in [0.05, 0.1) is 18.7 Å². The fraction of sp³-hybridized carbons (Fsp3) is 0.300. The van der Waals surface area contributed by atoms with Gasteiger partial charge in [0.2, 0.25) is 5.88 Å². The van der Waals surface area contributed by atoms with Crippen LogP contribution in [0.25, 0.3) is 22.0 Å². The number of nitrogens with one attached hydrogen (secondary N) is 1. The Labute approximate surface area is 151 Å². The quantitative estimate of drug-likeness (QED) is 0.629. The molecule has 6 nitrogen and oxygen atoms in total. The van der Waals surface area contributed by atoms with E-state index in [0.29, 0.717) is 5.69 Å². The van der Waals surface area contributed by atoms with Gasteiger partial charge in [0.25, 0.3) is 0 Å². The van der Waals surface area contributed by atoms with Crippen molar-refractivity contribution < 1.29 is 10.2 Å². The first-order chi connectivity index (χ1) is 12.7. The van der Waals surface area contributed by atoms with Crippen molar-refractivity contribution in [3.05, 3.63) is 47.5 Å². The number of hydrogen-bond donors (Lipinski definition) is 3. The second-order valence-electron chi connectivity index (χ2n) is 6.67. The molecule has 0 aliphatic carbocycles. The molecule has 2 heterocycles. The molecule has 1 aliphatic heterocycles. The van der Waals surface area contributed by atoms with Crippen LogP contribution in [0, 0.1) is 0 Å². The third-order valence-electron chi connectivity index (χ3n) is 4.90. The number of benzene rings is 2. The summed E-state index contributed by atoms with van der Waals surface area (Å²) in [6, 6.07) is 12.4. The Morgan fingerprint density at radius 3 is 2.77 bits per heavy atom. The van der Waals surface area contributed by atoms with E-state index in [2.05, 4.69) is 45.4 Å². The van der Waals surface area contributed by atoms with E-state index < -0.39 is 0 Å². The second-order valence-corrected chi connectivity index (χ2v) is 6.67. The Morgan fingerprint density at radius 1 is 1.19 bits per heavy atom. The van der Waals surface area contributed by atoms with Gasteiger partial charge in [-0.1, -0.05) is 30.3 Å². The van der Waals surface area contributed by atoms with Crippen LogP contribution < -0.4 is 0 Å². The van der Waals surface area contributed by atoms with E-state index in [4.69, 9.17) is 5.11 Å². The van der Waals surface area contributed by atoms with Crippen molar-refractivity contribution in [3.63, 3.8) is 0 Å². The lowest BCUT2D eigenvalue weighted by Gasteiger charge is -2.27. The molecule has 6 heteroatoms. The SMILES string of the molecule is CN1CCc2c(-c3ccccc3)cc3c(N=NCCO)c(O)[nH]c3c2C1. The van der Waals surface area contributed by atoms with Gasteiger partial charge in [0.1, 0.15) is 0 Å². The monoisotopic (exact) mass is 350 g/mol. The number of likely N-dealkylation sites (N-methyl/N-ethyl adjacent to an activating group) is 1. The average Bonchev–Trinajstić information content (AvgIpc) is 2.98.